The molecule has 5 N–H and O–H groups in total. The van der Waals surface area contributed by atoms with E-state index in [-0.39, 0.29) is 40.9 Å². The first-order valence-electron chi connectivity index (χ1n) is 15.1. The second-order valence-electron chi connectivity index (χ2n) is 13.1. The highest BCUT2D eigenvalue weighted by Crippen LogP contribution is 2.40. The van der Waals surface area contributed by atoms with Crippen LogP contribution < -0.4 is 15.2 Å². The van der Waals surface area contributed by atoms with E-state index >= 15 is 0 Å². The number of carbonyl (C=O) groups is 2. The molecule has 2 aliphatic rings. The quantitative estimate of drug-likeness (QED) is 0.252. The van der Waals surface area contributed by atoms with Crippen molar-refractivity contribution in [1.29, 1.82) is 0 Å². The number of nitrogens with zero attached hydrogens (tertiary/aromatic N) is 1. The van der Waals surface area contributed by atoms with Crippen molar-refractivity contribution in [1.82, 2.24) is 15.5 Å². The maximum atomic E-state index is 13.5. The third-order valence-corrected chi connectivity index (χ3v) is 8.98. The number of aliphatic hydroxyl groups excluding tert-OH is 1. The first-order valence-corrected chi connectivity index (χ1v) is 16.7. The summed E-state index contributed by atoms with van der Waals surface area (Å²) in [5, 5.41) is 17.8. The summed E-state index contributed by atoms with van der Waals surface area (Å²) in [4.78, 5) is 47.7. The fourth-order valence-electron chi connectivity index (χ4n) is 6.48. The minimum Gasteiger partial charge on any atom is -0.404 e. The SMILES string of the molecule is Cc1c(OP(=O)(O)O)cccc1C(=O)N[C@@H](Cc1ccccc1)[C@H](O)CN1C[C@H]2CCCC[C@H]2C[C@H]1C(=O)NC(C)(C)C. The van der Waals surface area contributed by atoms with E-state index in [1.165, 1.54) is 25.0 Å². The Labute approximate surface area is 254 Å². The van der Waals surface area contributed by atoms with Crippen molar-refractivity contribution in [2.75, 3.05) is 13.1 Å². The van der Waals surface area contributed by atoms with Gasteiger partial charge in [-0.3, -0.25) is 24.3 Å². The van der Waals surface area contributed by atoms with Gasteiger partial charge in [0.2, 0.25) is 5.91 Å². The van der Waals surface area contributed by atoms with Crippen LogP contribution >= 0.6 is 7.82 Å². The number of nitrogens with one attached hydrogen (secondary N) is 2. The minimum atomic E-state index is -4.82. The molecule has 0 bridgehead atoms. The molecular weight excluding hydrogens is 569 g/mol. The molecule has 2 fully saturated rings. The fraction of sp³-hybridized carbons (Fsp3) is 0.562. The predicted octanol–water partition coefficient (Wildman–Crippen LogP) is 3.96. The van der Waals surface area contributed by atoms with Gasteiger partial charge >= 0.3 is 7.82 Å². The average Bonchev–Trinajstić information content (AvgIpc) is 2.92. The van der Waals surface area contributed by atoms with Gasteiger partial charge in [0.15, 0.2) is 0 Å². The van der Waals surface area contributed by atoms with Gasteiger partial charge < -0.3 is 20.3 Å². The lowest BCUT2D eigenvalue weighted by molar-refractivity contribution is -0.132. The second kappa shape index (κ2) is 13.9. The van der Waals surface area contributed by atoms with Crippen LogP contribution in [0.3, 0.4) is 0 Å². The molecule has 1 saturated heterocycles. The number of hydrogen-bond donors (Lipinski definition) is 5. The van der Waals surface area contributed by atoms with E-state index in [9.17, 15) is 29.0 Å². The topological polar surface area (TPSA) is 148 Å². The third kappa shape index (κ3) is 9.37. The lowest BCUT2D eigenvalue weighted by atomic mass is 9.72. The van der Waals surface area contributed by atoms with Crippen LogP contribution in [0.2, 0.25) is 0 Å². The molecule has 0 spiro atoms. The van der Waals surface area contributed by atoms with Crippen LogP contribution in [-0.4, -0.2) is 68.4 Å². The van der Waals surface area contributed by atoms with Gasteiger partial charge in [0, 0.05) is 29.8 Å². The summed E-state index contributed by atoms with van der Waals surface area (Å²) in [5.74, 6) is 0.334. The van der Waals surface area contributed by atoms with Gasteiger partial charge in [-0.25, -0.2) is 4.57 Å². The number of rotatable bonds is 10. The molecule has 1 heterocycles. The van der Waals surface area contributed by atoms with Crippen molar-refractivity contribution in [3.05, 3.63) is 65.2 Å². The number of phosphoric ester groups is 1. The molecule has 0 unspecified atom stereocenters. The van der Waals surface area contributed by atoms with Gasteiger partial charge in [0.05, 0.1) is 18.2 Å². The Morgan fingerprint density at radius 1 is 1.05 bits per heavy atom. The van der Waals surface area contributed by atoms with Crippen LogP contribution in [0.5, 0.6) is 5.75 Å². The molecule has 11 heteroatoms. The summed E-state index contributed by atoms with van der Waals surface area (Å²) in [5.41, 5.74) is 0.997. The Morgan fingerprint density at radius 3 is 2.37 bits per heavy atom. The van der Waals surface area contributed by atoms with E-state index in [1.54, 1.807) is 13.0 Å². The van der Waals surface area contributed by atoms with Gasteiger partial charge in [-0.2, -0.15) is 0 Å². The summed E-state index contributed by atoms with van der Waals surface area (Å²) in [6.07, 6.45) is 4.70. The van der Waals surface area contributed by atoms with Gasteiger partial charge in [0.1, 0.15) is 5.75 Å². The Balaban J connectivity index is 1.57. The lowest BCUT2D eigenvalue weighted by Crippen LogP contribution is -2.60. The van der Waals surface area contributed by atoms with Crippen molar-refractivity contribution in [3.8, 4) is 5.75 Å². The zero-order valence-corrected chi connectivity index (χ0v) is 26.4. The Morgan fingerprint density at radius 2 is 1.72 bits per heavy atom. The van der Waals surface area contributed by atoms with Crippen LogP contribution in [0.15, 0.2) is 48.5 Å². The molecule has 4 rings (SSSR count). The zero-order valence-electron chi connectivity index (χ0n) is 25.5. The maximum absolute atomic E-state index is 13.5. The molecule has 1 saturated carbocycles. The largest absolute Gasteiger partial charge is 0.524 e. The zero-order chi connectivity index (χ0) is 31.4. The Bertz CT molecular complexity index is 1310. The van der Waals surface area contributed by atoms with Crippen molar-refractivity contribution in [2.45, 2.75) is 89.9 Å². The van der Waals surface area contributed by atoms with E-state index in [0.29, 0.717) is 18.3 Å². The lowest BCUT2D eigenvalue weighted by Gasteiger charge is -2.47. The summed E-state index contributed by atoms with van der Waals surface area (Å²) in [6.45, 7) is 8.37. The minimum absolute atomic E-state index is 0.0372. The number of β-amino-alcohol motifs (C(OH)–C–C–N with tert-alkyl or cyclic N) is 1. The van der Waals surface area contributed by atoms with Crippen molar-refractivity contribution in [2.24, 2.45) is 11.8 Å². The predicted molar refractivity (Wildman–Crippen MR) is 165 cm³/mol. The molecule has 2 aromatic rings. The van der Waals surface area contributed by atoms with Gasteiger partial charge in [-0.1, -0.05) is 55.7 Å². The summed E-state index contributed by atoms with van der Waals surface area (Å²) in [7, 11) is -4.82. The molecule has 2 amide bonds. The van der Waals surface area contributed by atoms with Crippen LogP contribution in [0.4, 0.5) is 0 Å². The van der Waals surface area contributed by atoms with Crippen LogP contribution in [0.1, 0.15) is 74.4 Å². The first kappa shape index (κ1) is 33.1. The fourth-order valence-corrected chi connectivity index (χ4v) is 6.93. The van der Waals surface area contributed by atoms with Crippen LogP contribution in [0, 0.1) is 18.8 Å². The third-order valence-electron chi connectivity index (χ3n) is 8.55. The summed E-state index contributed by atoms with van der Waals surface area (Å²) in [6, 6.07) is 12.9. The van der Waals surface area contributed by atoms with Crippen molar-refractivity contribution < 1.29 is 33.6 Å². The van der Waals surface area contributed by atoms with E-state index in [4.69, 9.17) is 4.52 Å². The molecule has 1 aliphatic heterocycles. The van der Waals surface area contributed by atoms with Gasteiger partial charge in [-0.15, -0.1) is 0 Å². The summed E-state index contributed by atoms with van der Waals surface area (Å²) < 4.78 is 16.2. The van der Waals surface area contributed by atoms with E-state index < -0.39 is 25.9 Å². The maximum Gasteiger partial charge on any atom is 0.524 e. The monoisotopic (exact) mass is 615 g/mol. The average molecular weight is 616 g/mol. The number of aliphatic hydroxyl groups is 1. The number of fused-ring (bicyclic) bond motifs is 1. The Kier molecular flexibility index (Phi) is 10.7. The van der Waals surface area contributed by atoms with E-state index in [0.717, 1.165) is 31.4 Å². The molecule has 2 aromatic carbocycles. The molecular formula is C32H46N3O7P. The second-order valence-corrected chi connectivity index (χ2v) is 14.3. The van der Waals surface area contributed by atoms with E-state index in [2.05, 4.69) is 15.5 Å². The molecule has 0 radical (unpaired) electrons. The van der Waals surface area contributed by atoms with E-state index in [1.807, 2.05) is 51.1 Å². The highest BCUT2D eigenvalue weighted by atomic mass is 31.2. The molecule has 1 aliphatic carbocycles. The standard InChI is InChI=1S/C32H46N3O7P/c1-21-25(15-10-16-29(21)42-43(39,40)41)30(37)33-26(17-22-11-6-5-7-12-22)28(36)20-35-19-24-14-9-8-13-23(24)18-27(35)31(38)34-32(2,3)4/h5-7,10-12,15-16,23-24,26-28,36H,8-9,13-14,17-20H2,1-4H3,(H,33,37)(H,34,38)(H2,39,40,41)/t23-,24+,26-,27-,28+/m0/s1. The number of likely N-dealkylation sites (tertiary alicyclic amines) is 1. The molecule has 10 nitrogen and oxygen atoms in total. The molecule has 236 valence electrons. The number of amides is 2. The van der Waals surface area contributed by atoms with Crippen molar-refractivity contribution >= 4 is 19.6 Å². The smallest absolute Gasteiger partial charge is 0.404 e. The molecule has 43 heavy (non-hydrogen) atoms. The normalized spacial score (nSPS) is 22.6. The first-order chi connectivity index (χ1) is 20.2. The van der Waals surface area contributed by atoms with Crippen LogP contribution in [-0.2, 0) is 15.8 Å². The number of phosphoric acid groups is 1. The summed E-state index contributed by atoms with van der Waals surface area (Å²) >= 11 is 0. The number of piperidine rings is 1. The highest BCUT2D eigenvalue weighted by Gasteiger charge is 2.41. The Hall–Kier alpha value is -2.75. The van der Waals surface area contributed by atoms with Gasteiger partial charge in [-0.05, 0) is 76.5 Å². The number of carbonyl (C=O) groups excluding carboxylic acids is 2. The molecule has 5 atom stereocenters. The number of hydrogen-bond acceptors (Lipinski definition) is 6. The number of benzene rings is 2. The highest BCUT2D eigenvalue weighted by molar-refractivity contribution is 7.46. The molecule has 0 aromatic heterocycles. The van der Waals surface area contributed by atoms with Crippen molar-refractivity contribution in [3.63, 3.8) is 0 Å². The van der Waals surface area contributed by atoms with Crippen LogP contribution in [0.25, 0.3) is 0 Å². The van der Waals surface area contributed by atoms with Gasteiger partial charge in [0.25, 0.3) is 5.91 Å².